The van der Waals surface area contributed by atoms with Gasteiger partial charge in [-0.1, -0.05) is 0 Å². The number of hydrogen-bond donors (Lipinski definition) is 1. The van der Waals surface area contributed by atoms with E-state index in [0.717, 1.165) is 0 Å². The van der Waals surface area contributed by atoms with Crippen LogP contribution in [0.1, 0.15) is 15.9 Å². The Labute approximate surface area is 126 Å². The number of hydrogen-bond acceptors (Lipinski definition) is 6. The molecule has 1 N–H and O–H groups in total. The zero-order chi connectivity index (χ0) is 15.8. The molecule has 118 valence electrons. The molecular formula is C14H20O6S. The molecule has 0 heterocycles. The minimum Gasteiger partial charge on any atom is -0.507 e. The van der Waals surface area contributed by atoms with Gasteiger partial charge >= 0.3 is 0 Å². The third-order valence-electron chi connectivity index (χ3n) is 2.64. The highest BCUT2D eigenvalue weighted by molar-refractivity contribution is 7.85. The SMILES string of the molecule is COCCOCOc1cc(C)c(C(=O)CS(C)=O)c(O)c1. The maximum Gasteiger partial charge on any atom is 0.189 e. The standard InChI is InChI=1S/C14H20O6S/c1-10-6-11(20-9-19-5-4-18-2)7-12(15)14(10)13(16)8-21(3)17/h6-7,15H,4-5,8-9H2,1-3H3. The molecule has 0 aliphatic heterocycles. The molecule has 0 amide bonds. The summed E-state index contributed by atoms with van der Waals surface area (Å²) in [7, 11) is 0.324. The Kier molecular flexibility index (Phi) is 7.35. The van der Waals surface area contributed by atoms with Crippen molar-refractivity contribution in [3.63, 3.8) is 0 Å². The van der Waals surface area contributed by atoms with Crippen LogP contribution in [0.3, 0.4) is 0 Å². The highest BCUT2D eigenvalue weighted by Crippen LogP contribution is 2.28. The highest BCUT2D eigenvalue weighted by Gasteiger charge is 2.17. The van der Waals surface area contributed by atoms with Crippen LogP contribution in [0.2, 0.25) is 0 Å². The molecule has 6 nitrogen and oxygen atoms in total. The molecule has 1 rings (SSSR count). The van der Waals surface area contributed by atoms with Crippen LogP contribution >= 0.6 is 0 Å². The fourth-order valence-electron chi connectivity index (χ4n) is 1.75. The fourth-order valence-corrected chi connectivity index (χ4v) is 2.26. The largest absolute Gasteiger partial charge is 0.507 e. The Bertz CT molecular complexity index is 491. The van der Waals surface area contributed by atoms with Crippen LogP contribution in [-0.2, 0) is 20.3 Å². The van der Waals surface area contributed by atoms with Crippen molar-refractivity contribution in [3.8, 4) is 11.5 Å². The molecule has 0 fully saturated rings. The number of phenols is 1. The van der Waals surface area contributed by atoms with E-state index in [0.29, 0.717) is 24.5 Å². The molecule has 1 aromatic rings. The van der Waals surface area contributed by atoms with E-state index in [9.17, 15) is 14.1 Å². The molecule has 1 unspecified atom stereocenters. The van der Waals surface area contributed by atoms with Gasteiger partial charge in [0.15, 0.2) is 12.6 Å². The quantitative estimate of drug-likeness (QED) is 0.419. The first-order chi connectivity index (χ1) is 9.95. The highest BCUT2D eigenvalue weighted by atomic mass is 32.2. The summed E-state index contributed by atoms with van der Waals surface area (Å²) in [6, 6.07) is 2.98. The van der Waals surface area contributed by atoms with Gasteiger partial charge in [0.2, 0.25) is 0 Å². The zero-order valence-corrected chi connectivity index (χ0v) is 13.2. The van der Waals surface area contributed by atoms with Crippen molar-refractivity contribution in [1.82, 2.24) is 0 Å². The van der Waals surface area contributed by atoms with Crippen LogP contribution < -0.4 is 4.74 Å². The predicted octanol–water partition coefficient (Wildman–Crippen LogP) is 1.26. The third kappa shape index (κ3) is 5.82. The number of methoxy groups -OCH3 is 1. The number of ether oxygens (including phenoxy) is 3. The van der Waals surface area contributed by atoms with Crippen LogP contribution in [0.5, 0.6) is 11.5 Å². The van der Waals surface area contributed by atoms with Crippen molar-refractivity contribution in [3.05, 3.63) is 23.3 Å². The van der Waals surface area contributed by atoms with Crippen LogP contribution in [0.15, 0.2) is 12.1 Å². The van der Waals surface area contributed by atoms with Gasteiger partial charge < -0.3 is 19.3 Å². The number of phenolic OH excluding ortho intramolecular Hbond substituents is 1. The van der Waals surface area contributed by atoms with Gasteiger partial charge in [-0.25, -0.2) is 0 Å². The van der Waals surface area contributed by atoms with Gasteiger partial charge in [-0.15, -0.1) is 0 Å². The molecule has 1 aromatic carbocycles. The first kappa shape index (κ1) is 17.6. The fraction of sp³-hybridized carbons (Fsp3) is 0.500. The number of rotatable bonds is 9. The van der Waals surface area contributed by atoms with E-state index >= 15 is 0 Å². The second kappa shape index (κ2) is 8.76. The van der Waals surface area contributed by atoms with Gasteiger partial charge in [0.05, 0.1) is 24.5 Å². The number of ketones is 1. The van der Waals surface area contributed by atoms with Gasteiger partial charge in [-0.2, -0.15) is 0 Å². The van der Waals surface area contributed by atoms with E-state index in [1.807, 2.05) is 0 Å². The van der Waals surface area contributed by atoms with E-state index < -0.39 is 10.8 Å². The van der Waals surface area contributed by atoms with Crippen molar-refractivity contribution in [2.75, 3.05) is 39.1 Å². The normalized spacial score (nSPS) is 12.1. The average Bonchev–Trinajstić information content (AvgIpc) is 2.36. The molecule has 0 saturated heterocycles. The second-order valence-electron chi connectivity index (χ2n) is 4.44. The maximum atomic E-state index is 11.9. The second-order valence-corrected chi connectivity index (χ2v) is 5.87. The Morgan fingerprint density at radius 2 is 2.05 bits per heavy atom. The number of carbonyl (C=O) groups is 1. The summed E-state index contributed by atoms with van der Waals surface area (Å²) in [6.07, 6.45) is 1.44. The summed E-state index contributed by atoms with van der Waals surface area (Å²) < 4.78 is 26.4. The minimum atomic E-state index is -1.25. The van der Waals surface area contributed by atoms with Crippen molar-refractivity contribution >= 4 is 16.6 Å². The number of aryl methyl sites for hydroxylation is 1. The summed E-state index contributed by atoms with van der Waals surface area (Å²) in [5.41, 5.74) is 0.746. The van der Waals surface area contributed by atoms with Gasteiger partial charge in [0.1, 0.15) is 11.5 Å². The van der Waals surface area contributed by atoms with Gasteiger partial charge in [0, 0.05) is 30.2 Å². The molecule has 0 bridgehead atoms. The maximum absolute atomic E-state index is 11.9. The van der Waals surface area contributed by atoms with Crippen LogP contribution in [0.25, 0.3) is 0 Å². The lowest BCUT2D eigenvalue weighted by Gasteiger charge is -2.11. The predicted molar refractivity (Wildman–Crippen MR) is 79.4 cm³/mol. The van der Waals surface area contributed by atoms with Crippen LogP contribution in [0.4, 0.5) is 0 Å². The van der Waals surface area contributed by atoms with Gasteiger partial charge in [0.25, 0.3) is 0 Å². The van der Waals surface area contributed by atoms with E-state index in [-0.39, 0.29) is 29.6 Å². The summed E-state index contributed by atoms with van der Waals surface area (Å²) in [6.45, 7) is 2.58. The Balaban J connectivity index is 2.71. The molecule has 1 atom stereocenters. The minimum absolute atomic E-state index is 0.0223. The Hall–Kier alpha value is -1.44. The average molecular weight is 316 g/mol. The summed E-state index contributed by atoms with van der Waals surface area (Å²) in [5, 5.41) is 9.94. The lowest BCUT2D eigenvalue weighted by Crippen LogP contribution is -2.12. The summed E-state index contributed by atoms with van der Waals surface area (Å²) >= 11 is 0. The molecule has 0 aliphatic carbocycles. The first-order valence-electron chi connectivity index (χ1n) is 6.32. The van der Waals surface area contributed by atoms with Crippen molar-refractivity contribution in [2.24, 2.45) is 0 Å². The van der Waals surface area contributed by atoms with Crippen molar-refractivity contribution in [1.29, 1.82) is 0 Å². The third-order valence-corrected chi connectivity index (χ3v) is 3.31. The van der Waals surface area contributed by atoms with Crippen molar-refractivity contribution < 1.29 is 28.3 Å². The number of carbonyl (C=O) groups excluding carboxylic acids is 1. The molecule has 0 spiro atoms. The molecule has 0 saturated carbocycles. The first-order valence-corrected chi connectivity index (χ1v) is 8.04. The van der Waals surface area contributed by atoms with Crippen LogP contribution in [0, 0.1) is 6.92 Å². The molecule has 0 aliphatic rings. The molecule has 0 radical (unpaired) electrons. The molecule has 7 heteroatoms. The van der Waals surface area contributed by atoms with Crippen molar-refractivity contribution in [2.45, 2.75) is 6.92 Å². The number of aromatic hydroxyl groups is 1. The monoisotopic (exact) mass is 316 g/mol. The smallest absolute Gasteiger partial charge is 0.189 e. The number of benzene rings is 1. The van der Waals surface area contributed by atoms with E-state index in [4.69, 9.17) is 14.2 Å². The number of Topliss-reactive ketones (excluding diaryl/α,β-unsaturated/α-hetero) is 1. The summed E-state index contributed by atoms with van der Waals surface area (Å²) in [4.78, 5) is 11.9. The van der Waals surface area contributed by atoms with E-state index in [1.54, 1.807) is 20.1 Å². The molecule has 0 aromatic heterocycles. The van der Waals surface area contributed by atoms with E-state index in [2.05, 4.69) is 0 Å². The zero-order valence-electron chi connectivity index (χ0n) is 12.4. The lowest BCUT2D eigenvalue weighted by molar-refractivity contribution is -0.00855. The summed E-state index contributed by atoms with van der Waals surface area (Å²) in [5.74, 6) is -0.253. The molecule has 21 heavy (non-hydrogen) atoms. The Morgan fingerprint density at radius 1 is 1.33 bits per heavy atom. The van der Waals surface area contributed by atoms with E-state index in [1.165, 1.54) is 12.3 Å². The van der Waals surface area contributed by atoms with Gasteiger partial charge in [-0.3, -0.25) is 9.00 Å². The Morgan fingerprint density at radius 3 is 2.62 bits per heavy atom. The topological polar surface area (TPSA) is 82.1 Å². The van der Waals surface area contributed by atoms with Gasteiger partial charge in [-0.05, 0) is 18.6 Å². The molecular weight excluding hydrogens is 296 g/mol. The van der Waals surface area contributed by atoms with Crippen LogP contribution in [-0.4, -0.2) is 54.2 Å². The lowest BCUT2D eigenvalue weighted by atomic mass is 10.0.